The number of carbonyl (C=O) groups is 1. The largest absolute Gasteiger partial charge is 0.490 e. The summed E-state index contributed by atoms with van der Waals surface area (Å²) in [7, 11) is 0. The molecule has 0 fully saturated rings. The van der Waals surface area contributed by atoms with Gasteiger partial charge in [-0.05, 0) is 12.1 Å². The van der Waals surface area contributed by atoms with E-state index in [1.54, 1.807) is 0 Å². The predicted molar refractivity (Wildman–Crippen MR) is 50.9 cm³/mol. The molecule has 0 saturated heterocycles. The number of alkyl halides is 3. The van der Waals surface area contributed by atoms with Crippen LogP contribution in [0.3, 0.4) is 0 Å². The smallest absolute Gasteiger partial charge is 0.417 e. The highest BCUT2D eigenvalue weighted by Gasteiger charge is 2.38. The Labute approximate surface area is 98.4 Å². The van der Waals surface area contributed by atoms with E-state index in [4.69, 9.17) is 10.2 Å². The van der Waals surface area contributed by atoms with Crippen molar-refractivity contribution in [2.45, 2.75) is 12.3 Å². The van der Waals surface area contributed by atoms with Crippen molar-refractivity contribution in [2.75, 3.05) is 6.61 Å². The Hall–Kier alpha value is -1.83. The van der Waals surface area contributed by atoms with Crippen LogP contribution in [0.15, 0.2) is 18.2 Å². The van der Waals surface area contributed by atoms with Crippen molar-refractivity contribution in [1.82, 2.24) is 0 Å². The first-order valence-corrected chi connectivity index (χ1v) is 4.61. The minimum Gasteiger partial charge on any atom is -0.490 e. The number of halogens is 4. The third-order valence-corrected chi connectivity index (χ3v) is 1.90. The molecule has 0 heterocycles. The van der Waals surface area contributed by atoms with Crippen molar-refractivity contribution >= 4 is 5.97 Å². The van der Waals surface area contributed by atoms with Crippen LogP contribution in [0.2, 0.25) is 0 Å². The predicted octanol–water partition coefficient (Wildman–Crippen LogP) is 1.83. The van der Waals surface area contributed by atoms with E-state index in [2.05, 4.69) is 4.74 Å². The van der Waals surface area contributed by atoms with E-state index in [1.807, 2.05) is 0 Å². The van der Waals surface area contributed by atoms with E-state index in [9.17, 15) is 22.4 Å². The number of carboxylic acid groups (broad SMARTS) is 1. The fourth-order valence-electron chi connectivity index (χ4n) is 1.04. The third-order valence-electron chi connectivity index (χ3n) is 1.90. The summed E-state index contributed by atoms with van der Waals surface area (Å²) in [5.41, 5.74) is -0.466. The van der Waals surface area contributed by atoms with Gasteiger partial charge >= 0.3 is 12.1 Å². The minimum atomic E-state index is -4.86. The van der Waals surface area contributed by atoms with Crippen molar-refractivity contribution in [1.29, 1.82) is 0 Å². The van der Waals surface area contributed by atoms with Gasteiger partial charge in [0.05, 0.1) is 5.56 Å². The molecule has 2 N–H and O–H groups in total. The van der Waals surface area contributed by atoms with Gasteiger partial charge in [0.2, 0.25) is 0 Å². The number of aliphatic hydroxyl groups excluding tert-OH is 1. The second-order valence-electron chi connectivity index (χ2n) is 3.35. The Morgan fingerprint density at radius 1 is 1.33 bits per heavy atom. The van der Waals surface area contributed by atoms with E-state index in [0.29, 0.717) is 6.07 Å². The second-order valence-corrected chi connectivity index (χ2v) is 3.35. The molecule has 1 atom stereocenters. The highest BCUT2D eigenvalue weighted by atomic mass is 19.4. The van der Waals surface area contributed by atoms with E-state index < -0.39 is 42.0 Å². The van der Waals surface area contributed by atoms with Gasteiger partial charge in [-0.15, -0.1) is 0 Å². The zero-order valence-electron chi connectivity index (χ0n) is 8.74. The summed E-state index contributed by atoms with van der Waals surface area (Å²) < 4.78 is 53.2. The van der Waals surface area contributed by atoms with E-state index in [1.165, 1.54) is 0 Å². The van der Waals surface area contributed by atoms with Gasteiger partial charge in [0.15, 0.2) is 6.10 Å². The molecule has 0 amide bonds. The Morgan fingerprint density at radius 3 is 2.44 bits per heavy atom. The van der Waals surface area contributed by atoms with Crippen LogP contribution in [0.1, 0.15) is 10.4 Å². The van der Waals surface area contributed by atoms with Crippen LogP contribution in [-0.2, 0) is 0 Å². The molecule has 8 heteroatoms. The number of rotatable bonds is 4. The molecule has 0 bridgehead atoms. The Bertz CT molecular complexity index is 444. The molecule has 4 nitrogen and oxygen atoms in total. The Balaban J connectivity index is 2.77. The third kappa shape index (κ3) is 3.88. The van der Waals surface area contributed by atoms with Crippen LogP contribution in [-0.4, -0.2) is 35.1 Å². The van der Waals surface area contributed by atoms with Gasteiger partial charge in [-0.1, -0.05) is 0 Å². The molecule has 1 unspecified atom stereocenters. The summed E-state index contributed by atoms with van der Waals surface area (Å²) in [6.45, 7) is -1.15. The van der Waals surface area contributed by atoms with Gasteiger partial charge in [-0.25, -0.2) is 9.18 Å². The maximum absolute atomic E-state index is 12.9. The molecule has 1 aromatic rings. The molecule has 18 heavy (non-hydrogen) atoms. The zero-order valence-corrected chi connectivity index (χ0v) is 8.74. The fourth-order valence-corrected chi connectivity index (χ4v) is 1.04. The molecule has 1 rings (SSSR count). The number of aromatic carboxylic acids is 1. The van der Waals surface area contributed by atoms with Crippen LogP contribution in [0.5, 0.6) is 5.75 Å². The molecule has 1 aromatic carbocycles. The van der Waals surface area contributed by atoms with E-state index >= 15 is 0 Å². The highest BCUT2D eigenvalue weighted by Crippen LogP contribution is 2.22. The molecule has 0 aliphatic rings. The molecule has 0 aliphatic heterocycles. The molecule has 0 radical (unpaired) electrons. The number of ether oxygens (including phenoxy) is 1. The van der Waals surface area contributed by atoms with Crippen molar-refractivity contribution in [2.24, 2.45) is 0 Å². The number of benzene rings is 1. The van der Waals surface area contributed by atoms with E-state index in [0.717, 1.165) is 12.1 Å². The van der Waals surface area contributed by atoms with Gasteiger partial charge in [0, 0.05) is 6.07 Å². The van der Waals surface area contributed by atoms with Gasteiger partial charge in [-0.2, -0.15) is 13.2 Å². The van der Waals surface area contributed by atoms with Crippen LogP contribution in [0, 0.1) is 5.82 Å². The van der Waals surface area contributed by atoms with E-state index in [-0.39, 0.29) is 0 Å². The molecule has 0 spiro atoms. The normalized spacial score (nSPS) is 13.2. The maximum atomic E-state index is 12.9. The highest BCUT2D eigenvalue weighted by molar-refractivity contribution is 5.88. The lowest BCUT2D eigenvalue weighted by molar-refractivity contribution is -0.210. The number of aliphatic hydroxyl groups is 1. The summed E-state index contributed by atoms with van der Waals surface area (Å²) >= 11 is 0. The van der Waals surface area contributed by atoms with Crippen molar-refractivity contribution in [3.63, 3.8) is 0 Å². The molecule has 0 aromatic heterocycles. The molecular formula is C10H8F4O4. The zero-order chi connectivity index (χ0) is 13.9. The maximum Gasteiger partial charge on any atom is 0.417 e. The van der Waals surface area contributed by atoms with Gasteiger partial charge in [0.25, 0.3) is 0 Å². The first kappa shape index (κ1) is 14.2. The summed E-state index contributed by atoms with van der Waals surface area (Å²) in [5, 5.41) is 17.2. The monoisotopic (exact) mass is 268 g/mol. The van der Waals surface area contributed by atoms with Crippen LogP contribution >= 0.6 is 0 Å². The van der Waals surface area contributed by atoms with Crippen molar-refractivity contribution in [3.05, 3.63) is 29.6 Å². The Kier molecular flexibility index (Phi) is 4.12. The van der Waals surface area contributed by atoms with Crippen LogP contribution in [0.4, 0.5) is 17.6 Å². The first-order chi connectivity index (χ1) is 8.20. The average molecular weight is 268 g/mol. The quantitative estimate of drug-likeness (QED) is 0.817. The molecule has 0 saturated carbocycles. The molecule has 100 valence electrons. The minimum absolute atomic E-state index is 0.407. The van der Waals surface area contributed by atoms with Crippen molar-refractivity contribution < 1.29 is 37.3 Å². The SMILES string of the molecule is O=C(O)c1cc(F)cc(OCC(O)C(F)(F)F)c1. The first-order valence-electron chi connectivity index (χ1n) is 4.61. The lowest BCUT2D eigenvalue weighted by Gasteiger charge is -2.15. The lowest BCUT2D eigenvalue weighted by atomic mass is 10.2. The standard InChI is InChI=1S/C10H8F4O4/c11-6-1-5(9(16)17)2-7(3-6)18-4-8(15)10(12,13)14/h1-3,8,15H,4H2,(H,16,17). The average Bonchev–Trinajstić information content (AvgIpc) is 2.23. The van der Waals surface area contributed by atoms with Gasteiger partial charge in [0.1, 0.15) is 18.2 Å². The summed E-state index contributed by atoms with van der Waals surface area (Å²) in [6, 6.07) is 2.26. The van der Waals surface area contributed by atoms with Gasteiger partial charge < -0.3 is 14.9 Å². The number of hydrogen-bond donors (Lipinski definition) is 2. The van der Waals surface area contributed by atoms with Crippen molar-refractivity contribution in [3.8, 4) is 5.75 Å². The number of hydrogen-bond acceptors (Lipinski definition) is 3. The topological polar surface area (TPSA) is 66.8 Å². The van der Waals surface area contributed by atoms with Crippen LogP contribution < -0.4 is 4.74 Å². The summed E-state index contributed by atoms with van der Waals surface area (Å²) in [6.07, 6.45) is -7.59. The second kappa shape index (κ2) is 5.21. The van der Waals surface area contributed by atoms with Gasteiger partial charge in [-0.3, -0.25) is 0 Å². The fraction of sp³-hybridized carbons (Fsp3) is 0.300. The Morgan fingerprint density at radius 2 is 1.94 bits per heavy atom. The molecule has 0 aliphatic carbocycles. The van der Waals surface area contributed by atoms with Crippen LogP contribution in [0.25, 0.3) is 0 Å². The summed E-state index contributed by atoms with van der Waals surface area (Å²) in [4.78, 5) is 10.6. The molecular weight excluding hydrogens is 260 g/mol. The number of carboxylic acids is 1. The summed E-state index contributed by atoms with van der Waals surface area (Å²) in [5.74, 6) is -2.82. The lowest BCUT2D eigenvalue weighted by Crippen LogP contribution is -2.34.